The Morgan fingerprint density at radius 2 is 2.00 bits per heavy atom. The van der Waals surface area contributed by atoms with Crippen LogP contribution in [0.2, 0.25) is 0 Å². The zero-order valence-corrected chi connectivity index (χ0v) is 19.9. The molecule has 1 aromatic heterocycles. The number of nitrogens with one attached hydrogen (secondary N) is 2. The number of thiazole rings is 1. The number of thioether (sulfide) groups is 1. The lowest BCUT2D eigenvalue weighted by atomic mass is 10.1. The topological polar surface area (TPSA) is 138 Å². The number of aromatic nitrogens is 1. The number of aliphatic imine (C=N–C) groups is 1. The number of aliphatic carboxylic acids is 1. The van der Waals surface area contributed by atoms with Crippen molar-refractivity contribution in [2.75, 3.05) is 18.1 Å². The first-order valence-corrected chi connectivity index (χ1v) is 13.4. The summed E-state index contributed by atoms with van der Waals surface area (Å²) < 4.78 is 24.3. The van der Waals surface area contributed by atoms with Gasteiger partial charge in [-0.3, -0.25) is 9.59 Å². The molecule has 33 heavy (non-hydrogen) atoms. The summed E-state index contributed by atoms with van der Waals surface area (Å²) in [4.78, 5) is 31.8. The lowest BCUT2D eigenvalue weighted by molar-refractivity contribution is -0.138. The number of amidine groups is 1. The molecule has 1 aliphatic rings. The van der Waals surface area contributed by atoms with Crippen molar-refractivity contribution in [2.45, 2.75) is 23.8 Å². The van der Waals surface area contributed by atoms with E-state index in [-0.39, 0.29) is 16.4 Å². The van der Waals surface area contributed by atoms with Gasteiger partial charge in [0.25, 0.3) is 0 Å². The number of carboxylic acid groups (broad SMARTS) is 1. The molecule has 172 valence electrons. The standard InChI is InChI=1S/C21H20N4O5S3/c1-33(29,30)14-6-7-15-17(10-14)31-20(24-15)22-9-8-12-2-4-13(5-3-12)23-21-25-16(11-18(26)27)19(28)32-21/h2-7,10,16H,8-9,11H2,1H3,(H,22,24)(H,23,25)(H,26,27)/t16-/m0/s1. The van der Waals surface area contributed by atoms with E-state index in [4.69, 9.17) is 5.11 Å². The summed E-state index contributed by atoms with van der Waals surface area (Å²) in [6, 6.07) is 11.7. The molecule has 1 aliphatic heterocycles. The molecule has 0 unspecified atom stereocenters. The number of anilines is 1. The van der Waals surface area contributed by atoms with E-state index >= 15 is 0 Å². The van der Waals surface area contributed by atoms with Gasteiger partial charge < -0.3 is 15.7 Å². The number of rotatable bonds is 8. The van der Waals surface area contributed by atoms with E-state index in [0.29, 0.717) is 17.4 Å². The van der Waals surface area contributed by atoms with Crippen LogP contribution in [-0.4, -0.2) is 53.6 Å². The first kappa shape index (κ1) is 23.2. The van der Waals surface area contributed by atoms with Gasteiger partial charge in [-0.05, 0) is 54.1 Å². The highest BCUT2D eigenvalue weighted by atomic mass is 32.2. The van der Waals surface area contributed by atoms with Gasteiger partial charge in [0, 0.05) is 12.8 Å². The third kappa shape index (κ3) is 5.89. The molecular formula is C21H20N4O5S3. The minimum absolute atomic E-state index is 0.249. The predicted molar refractivity (Wildman–Crippen MR) is 130 cm³/mol. The van der Waals surface area contributed by atoms with Crippen molar-refractivity contribution < 1.29 is 23.1 Å². The van der Waals surface area contributed by atoms with Crippen LogP contribution in [0.4, 0.5) is 10.8 Å². The number of fused-ring (bicyclic) bond motifs is 1. The number of carbonyl (C=O) groups excluding carboxylic acids is 1. The maximum absolute atomic E-state index is 11.8. The van der Waals surface area contributed by atoms with Crippen LogP contribution in [0.5, 0.6) is 0 Å². The van der Waals surface area contributed by atoms with Crippen LogP contribution < -0.4 is 10.6 Å². The van der Waals surface area contributed by atoms with Gasteiger partial charge in [0.1, 0.15) is 6.04 Å². The molecule has 0 amide bonds. The zero-order valence-electron chi connectivity index (χ0n) is 17.4. The maximum Gasteiger partial charge on any atom is 0.305 e. The van der Waals surface area contributed by atoms with Crippen LogP contribution >= 0.6 is 23.1 Å². The number of benzene rings is 2. The molecule has 1 fully saturated rings. The molecule has 0 saturated carbocycles. The Bertz CT molecular complexity index is 1350. The predicted octanol–water partition coefficient (Wildman–Crippen LogP) is 3.05. The second kappa shape index (κ2) is 9.49. The Morgan fingerprint density at radius 1 is 1.24 bits per heavy atom. The van der Waals surface area contributed by atoms with Crippen molar-refractivity contribution in [2.24, 2.45) is 4.99 Å². The van der Waals surface area contributed by atoms with Crippen LogP contribution in [0.25, 0.3) is 10.2 Å². The van der Waals surface area contributed by atoms with E-state index in [2.05, 4.69) is 20.6 Å². The van der Waals surface area contributed by atoms with Gasteiger partial charge in [0.05, 0.1) is 27.2 Å². The molecule has 0 bridgehead atoms. The van der Waals surface area contributed by atoms with Crippen molar-refractivity contribution >= 4 is 70.2 Å². The van der Waals surface area contributed by atoms with Crippen molar-refractivity contribution in [3.8, 4) is 0 Å². The second-order valence-electron chi connectivity index (χ2n) is 7.40. The van der Waals surface area contributed by atoms with E-state index < -0.39 is 21.8 Å². The monoisotopic (exact) mass is 504 g/mol. The Morgan fingerprint density at radius 3 is 2.70 bits per heavy atom. The fourth-order valence-corrected chi connectivity index (χ4v) is 5.63. The highest BCUT2D eigenvalue weighted by Crippen LogP contribution is 2.28. The lowest BCUT2D eigenvalue weighted by Crippen LogP contribution is -2.31. The average molecular weight is 505 g/mol. The number of sulfone groups is 1. The summed E-state index contributed by atoms with van der Waals surface area (Å²) in [5.74, 6) is -1.04. The molecule has 2 aromatic carbocycles. The van der Waals surface area contributed by atoms with Crippen LogP contribution in [0.3, 0.4) is 0 Å². The third-order valence-corrected chi connectivity index (χ3v) is 7.78. The average Bonchev–Trinajstić information content (AvgIpc) is 3.30. The first-order valence-electron chi connectivity index (χ1n) is 9.89. The Labute approximate surface area is 198 Å². The number of hydrogen-bond donors (Lipinski definition) is 3. The van der Waals surface area contributed by atoms with E-state index in [1.54, 1.807) is 18.2 Å². The number of carboxylic acids is 1. The van der Waals surface area contributed by atoms with Crippen LogP contribution in [0.1, 0.15) is 12.0 Å². The zero-order chi connectivity index (χ0) is 23.6. The summed E-state index contributed by atoms with van der Waals surface area (Å²) in [5, 5.41) is 15.8. The number of hydrogen-bond acceptors (Lipinski definition) is 9. The van der Waals surface area contributed by atoms with E-state index in [0.717, 1.165) is 39.1 Å². The molecule has 9 nitrogen and oxygen atoms in total. The van der Waals surface area contributed by atoms with Gasteiger partial charge in [0.15, 0.2) is 20.1 Å². The molecule has 4 rings (SSSR count). The lowest BCUT2D eigenvalue weighted by Gasteiger charge is -2.05. The molecule has 0 spiro atoms. The third-order valence-electron chi connectivity index (χ3n) is 4.80. The van der Waals surface area contributed by atoms with Crippen LogP contribution in [0.15, 0.2) is 52.4 Å². The molecule has 0 radical (unpaired) electrons. The molecular weight excluding hydrogens is 484 g/mol. The fourth-order valence-electron chi connectivity index (χ4n) is 3.15. The van der Waals surface area contributed by atoms with Gasteiger partial charge in [-0.25, -0.2) is 18.4 Å². The largest absolute Gasteiger partial charge is 0.481 e. The Hall–Kier alpha value is -2.96. The van der Waals surface area contributed by atoms with E-state index in [9.17, 15) is 18.0 Å². The normalized spacial score (nSPS) is 17.4. The summed E-state index contributed by atoms with van der Waals surface area (Å²) in [6.45, 7) is 0.648. The fraction of sp³-hybridized carbons (Fsp3) is 0.238. The quantitative estimate of drug-likeness (QED) is 0.422. The molecule has 3 N–H and O–H groups in total. The summed E-state index contributed by atoms with van der Waals surface area (Å²) in [6.07, 6.45) is 1.66. The first-order chi connectivity index (χ1) is 15.7. The smallest absolute Gasteiger partial charge is 0.305 e. The van der Waals surface area contributed by atoms with Crippen molar-refractivity contribution in [1.29, 1.82) is 0 Å². The van der Waals surface area contributed by atoms with Crippen molar-refractivity contribution in [1.82, 2.24) is 10.3 Å². The molecule has 0 aliphatic carbocycles. The van der Waals surface area contributed by atoms with Gasteiger partial charge in [-0.1, -0.05) is 23.5 Å². The molecule has 2 heterocycles. The van der Waals surface area contributed by atoms with Gasteiger partial charge in [0.2, 0.25) is 5.12 Å². The van der Waals surface area contributed by atoms with Gasteiger partial charge >= 0.3 is 5.97 Å². The maximum atomic E-state index is 11.8. The molecule has 3 aromatic rings. The van der Waals surface area contributed by atoms with E-state index in [1.807, 2.05) is 24.3 Å². The van der Waals surface area contributed by atoms with Crippen molar-refractivity contribution in [3.05, 3.63) is 48.0 Å². The minimum atomic E-state index is -3.26. The highest BCUT2D eigenvalue weighted by Gasteiger charge is 2.31. The summed E-state index contributed by atoms with van der Waals surface area (Å²) in [5.41, 5.74) is 2.50. The summed E-state index contributed by atoms with van der Waals surface area (Å²) >= 11 is 2.33. The SMILES string of the molecule is CS(=O)(=O)c1ccc2nc(NCCc3ccc(/N=C4/N[C@@H](CC(=O)O)C(=O)S4)cc3)sc2c1. The van der Waals surface area contributed by atoms with Crippen LogP contribution in [0, 0.1) is 0 Å². The van der Waals surface area contributed by atoms with Gasteiger partial charge in [-0.15, -0.1) is 0 Å². The van der Waals surface area contributed by atoms with Crippen molar-refractivity contribution in [3.63, 3.8) is 0 Å². The highest BCUT2D eigenvalue weighted by molar-refractivity contribution is 8.27. The molecule has 1 saturated heterocycles. The van der Waals surface area contributed by atoms with Gasteiger partial charge in [-0.2, -0.15) is 0 Å². The summed E-state index contributed by atoms with van der Waals surface area (Å²) in [7, 11) is -3.26. The van der Waals surface area contributed by atoms with Crippen LogP contribution in [-0.2, 0) is 25.8 Å². The second-order valence-corrected chi connectivity index (χ2v) is 11.4. The Balaban J connectivity index is 1.33. The number of carbonyl (C=O) groups is 2. The molecule has 1 atom stereocenters. The number of nitrogens with zero attached hydrogens (tertiary/aromatic N) is 2. The minimum Gasteiger partial charge on any atom is -0.481 e. The molecule has 12 heteroatoms. The van der Waals surface area contributed by atoms with E-state index in [1.165, 1.54) is 17.6 Å². The Kier molecular flexibility index (Phi) is 6.68.